The molecule has 0 aromatic heterocycles. The van der Waals surface area contributed by atoms with E-state index in [1.807, 2.05) is 34.6 Å². The van der Waals surface area contributed by atoms with Crippen molar-refractivity contribution in [1.29, 1.82) is 0 Å². The lowest BCUT2D eigenvalue weighted by Gasteiger charge is -2.37. The van der Waals surface area contributed by atoms with Crippen LogP contribution in [0.1, 0.15) is 81.0 Å². The number of carbonyl (C=O) groups is 2. The molecule has 0 radical (unpaired) electrons. The zero-order valence-corrected chi connectivity index (χ0v) is 21.6. The molecule has 33 heavy (non-hydrogen) atoms. The molecule has 0 saturated carbocycles. The van der Waals surface area contributed by atoms with Crippen molar-refractivity contribution in [3.8, 4) is 11.5 Å². The van der Waals surface area contributed by atoms with Gasteiger partial charge in [0.2, 0.25) is 0 Å². The zero-order valence-electron chi connectivity index (χ0n) is 20.8. The van der Waals surface area contributed by atoms with E-state index in [1.165, 1.54) is 0 Å². The van der Waals surface area contributed by atoms with Crippen LogP contribution in [0, 0.1) is 20.8 Å². The highest BCUT2D eigenvalue weighted by atomic mass is 35.5. The van der Waals surface area contributed by atoms with Crippen LogP contribution in [-0.2, 0) is 20.7 Å². The normalized spacial score (nSPS) is 17.9. The van der Waals surface area contributed by atoms with Gasteiger partial charge in [-0.05, 0) is 83.0 Å². The van der Waals surface area contributed by atoms with E-state index in [9.17, 15) is 9.59 Å². The Morgan fingerprint density at radius 1 is 1.12 bits per heavy atom. The van der Waals surface area contributed by atoms with Gasteiger partial charge in [0.15, 0.2) is 0 Å². The first-order chi connectivity index (χ1) is 15.1. The van der Waals surface area contributed by atoms with E-state index in [0.717, 1.165) is 60.1 Å². The predicted octanol–water partition coefficient (Wildman–Crippen LogP) is 4.21. The van der Waals surface area contributed by atoms with Gasteiger partial charge < -0.3 is 25.7 Å². The molecule has 0 spiro atoms. The third kappa shape index (κ3) is 7.59. The molecule has 0 bridgehead atoms. The number of nitrogens with two attached hydrogens (primary N) is 2. The van der Waals surface area contributed by atoms with Crippen LogP contribution >= 0.6 is 12.4 Å². The molecule has 188 valence electrons. The second kappa shape index (κ2) is 13.2. The lowest BCUT2D eigenvalue weighted by atomic mass is 9.87. The SMILES string of the molecule is CCCCC(=O)OC[C@]1(C)CCc2c(C)c(OC(=O)[C@@H](N)CCCCN)c(C)c(C)c2O1.Cl. The lowest BCUT2D eigenvalue weighted by Crippen LogP contribution is -2.42. The number of carbonyl (C=O) groups excluding carboxylic acids is 2. The summed E-state index contributed by atoms with van der Waals surface area (Å²) in [5.74, 6) is 0.758. The standard InChI is InChI=1S/C25H40N2O5.ClH/c1-6-7-11-21(28)30-15-25(5)13-12-19-18(4)22(16(2)17(3)23(19)32-25)31-24(29)20(27)10-8-9-14-26;/h20H,6-15,26-27H2,1-5H3;1H/t20-,25-;/m0./s1. The molecule has 1 aliphatic heterocycles. The van der Waals surface area contributed by atoms with E-state index in [0.29, 0.717) is 31.6 Å². The molecule has 2 rings (SSSR count). The van der Waals surface area contributed by atoms with Gasteiger partial charge in [0.25, 0.3) is 0 Å². The molecule has 0 aliphatic carbocycles. The number of benzene rings is 1. The van der Waals surface area contributed by atoms with Crippen molar-refractivity contribution in [3.05, 3.63) is 22.3 Å². The molecule has 4 N–H and O–H groups in total. The van der Waals surface area contributed by atoms with Crippen molar-refractivity contribution in [3.63, 3.8) is 0 Å². The first-order valence-electron chi connectivity index (χ1n) is 11.8. The van der Waals surface area contributed by atoms with E-state index in [1.54, 1.807) is 0 Å². The van der Waals surface area contributed by atoms with Crippen LogP contribution in [-0.4, -0.2) is 36.7 Å². The number of rotatable bonds is 11. The van der Waals surface area contributed by atoms with Crippen LogP contribution in [0.25, 0.3) is 0 Å². The molecular weight excluding hydrogens is 444 g/mol. The number of hydrogen-bond donors (Lipinski definition) is 2. The third-order valence-corrected chi connectivity index (χ3v) is 6.31. The topological polar surface area (TPSA) is 114 Å². The highest BCUT2D eigenvalue weighted by Gasteiger charge is 2.36. The summed E-state index contributed by atoms with van der Waals surface area (Å²) in [4.78, 5) is 24.5. The van der Waals surface area contributed by atoms with Crippen LogP contribution in [0.15, 0.2) is 0 Å². The van der Waals surface area contributed by atoms with E-state index in [4.69, 9.17) is 25.7 Å². The van der Waals surface area contributed by atoms with Gasteiger partial charge in [-0.3, -0.25) is 4.79 Å². The Kier molecular flexibility index (Phi) is 11.6. The van der Waals surface area contributed by atoms with E-state index in [2.05, 4.69) is 0 Å². The summed E-state index contributed by atoms with van der Waals surface area (Å²) in [5, 5.41) is 0. The minimum atomic E-state index is -0.668. The van der Waals surface area contributed by atoms with Crippen molar-refractivity contribution in [2.45, 2.75) is 97.6 Å². The Morgan fingerprint density at radius 3 is 2.45 bits per heavy atom. The third-order valence-electron chi connectivity index (χ3n) is 6.31. The monoisotopic (exact) mass is 484 g/mol. The number of ether oxygens (including phenoxy) is 3. The quantitative estimate of drug-likeness (QED) is 0.274. The summed E-state index contributed by atoms with van der Waals surface area (Å²) in [7, 11) is 0. The van der Waals surface area contributed by atoms with Crippen LogP contribution in [0.5, 0.6) is 11.5 Å². The molecule has 1 heterocycles. The Labute approximate surface area is 204 Å². The number of halogens is 1. The molecule has 2 atom stereocenters. The fraction of sp³-hybridized carbons (Fsp3) is 0.680. The van der Waals surface area contributed by atoms with Crippen molar-refractivity contribution in [2.75, 3.05) is 13.2 Å². The molecule has 0 fully saturated rings. The molecule has 0 amide bonds. The molecule has 7 nitrogen and oxygen atoms in total. The minimum Gasteiger partial charge on any atom is -0.483 e. The van der Waals surface area contributed by atoms with Crippen LogP contribution in [0.2, 0.25) is 0 Å². The second-order valence-electron chi connectivity index (χ2n) is 9.14. The highest BCUT2D eigenvalue weighted by Crippen LogP contribution is 2.44. The Balaban J connectivity index is 0.00000544. The summed E-state index contributed by atoms with van der Waals surface area (Å²) < 4.78 is 17.6. The number of fused-ring (bicyclic) bond motifs is 1. The van der Waals surface area contributed by atoms with E-state index < -0.39 is 17.6 Å². The predicted molar refractivity (Wildman–Crippen MR) is 132 cm³/mol. The maximum absolute atomic E-state index is 12.6. The summed E-state index contributed by atoms with van der Waals surface area (Å²) in [6.07, 6.45) is 5.85. The van der Waals surface area contributed by atoms with Crippen molar-refractivity contribution >= 4 is 24.3 Å². The van der Waals surface area contributed by atoms with Gasteiger partial charge in [-0.2, -0.15) is 0 Å². The number of hydrogen-bond acceptors (Lipinski definition) is 7. The first-order valence-corrected chi connectivity index (χ1v) is 11.8. The molecular formula is C25H41ClN2O5. The van der Waals surface area contributed by atoms with Crippen molar-refractivity contribution in [2.24, 2.45) is 11.5 Å². The molecule has 0 unspecified atom stereocenters. The fourth-order valence-electron chi connectivity index (χ4n) is 3.97. The van der Waals surface area contributed by atoms with Gasteiger partial charge in [0.05, 0.1) is 0 Å². The van der Waals surface area contributed by atoms with Gasteiger partial charge >= 0.3 is 11.9 Å². The largest absolute Gasteiger partial charge is 0.483 e. The van der Waals surface area contributed by atoms with Crippen LogP contribution in [0.3, 0.4) is 0 Å². The molecule has 0 saturated heterocycles. The average molecular weight is 485 g/mol. The van der Waals surface area contributed by atoms with Crippen LogP contribution < -0.4 is 20.9 Å². The van der Waals surface area contributed by atoms with Crippen LogP contribution in [0.4, 0.5) is 0 Å². The molecule has 1 aromatic carbocycles. The maximum Gasteiger partial charge on any atom is 0.328 e. The Hall–Kier alpha value is -1.83. The van der Waals surface area contributed by atoms with Gasteiger partial charge in [-0.1, -0.05) is 19.8 Å². The minimum absolute atomic E-state index is 0. The maximum atomic E-state index is 12.6. The lowest BCUT2D eigenvalue weighted by molar-refractivity contribution is -0.150. The highest BCUT2D eigenvalue weighted by molar-refractivity contribution is 5.85. The summed E-state index contributed by atoms with van der Waals surface area (Å²) in [6, 6.07) is -0.668. The summed E-state index contributed by atoms with van der Waals surface area (Å²) >= 11 is 0. The number of unbranched alkanes of at least 4 members (excludes halogenated alkanes) is 2. The van der Waals surface area contributed by atoms with Gasteiger partial charge in [-0.15, -0.1) is 12.4 Å². The zero-order chi connectivity index (χ0) is 23.9. The fourth-order valence-corrected chi connectivity index (χ4v) is 3.97. The van der Waals surface area contributed by atoms with E-state index >= 15 is 0 Å². The first kappa shape index (κ1) is 29.2. The molecule has 8 heteroatoms. The number of esters is 2. The van der Waals surface area contributed by atoms with Gasteiger partial charge in [0, 0.05) is 12.0 Å². The van der Waals surface area contributed by atoms with Gasteiger partial charge in [0.1, 0.15) is 29.7 Å². The summed E-state index contributed by atoms with van der Waals surface area (Å²) in [5.41, 5.74) is 14.7. The summed E-state index contributed by atoms with van der Waals surface area (Å²) in [6.45, 7) is 10.7. The van der Waals surface area contributed by atoms with Crippen molar-refractivity contribution in [1.82, 2.24) is 0 Å². The van der Waals surface area contributed by atoms with Gasteiger partial charge in [-0.25, -0.2) is 4.79 Å². The Bertz CT molecular complexity index is 830. The van der Waals surface area contributed by atoms with E-state index in [-0.39, 0.29) is 25.0 Å². The molecule has 1 aliphatic rings. The van der Waals surface area contributed by atoms with Crippen molar-refractivity contribution < 1.29 is 23.8 Å². The molecule has 1 aromatic rings. The second-order valence-corrected chi connectivity index (χ2v) is 9.14. The average Bonchev–Trinajstić information content (AvgIpc) is 2.77. The Morgan fingerprint density at radius 2 is 1.82 bits per heavy atom. The smallest absolute Gasteiger partial charge is 0.328 e.